The Bertz CT molecular complexity index is 1570. The predicted molar refractivity (Wildman–Crippen MR) is 148 cm³/mol. The van der Waals surface area contributed by atoms with Gasteiger partial charge >= 0.3 is 12.2 Å². The molecule has 0 heterocycles. The third kappa shape index (κ3) is 6.54. The van der Waals surface area contributed by atoms with Gasteiger partial charge in [0.15, 0.2) is 0 Å². The van der Waals surface area contributed by atoms with E-state index >= 15 is 0 Å². The van der Waals surface area contributed by atoms with Crippen LogP contribution in [0.1, 0.15) is 39.8 Å². The van der Waals surface area contributed by atoms with E-state index < -0.39 is 17.8 Å². The Balaban J connectivity index is 1.16. The van der Waals surface area contributed by atoms with Gasteiger partial charge in [-0.3, -0.25) is 5.41 Å². The predicted octanol–water partition coefficient (Wildman–Crippen LogP) is 6.08. The van der Waals surface area contributed by atoms with Crippen LogP contribution in [0.15, 0.2) is 78.9 Å². The molecule has 6 nitrogen and oxygen atoms in total. The molecule has 4 aromatic rings. The van der Waals surface area contributed by atoms with E-state index in [2.05, 4.69) is 22.8 Å². The lowest BCUT2D eigenvalue weighted by molar-refractivity contribution is -0.137. The molecule has 1 aliphatic carbocycles. The van der Waals surface area contributed by atoms with Crippen LogP contribution < -0.4 is 21.1 Å². The Morgan fingerprint density at radius 3 is 2.55 bits per heavy atom. The number of fused-ring (bicyclic) bond motifs is 2. The summed E-state index contributed by atoms with van der Waals surface area (Å²) in [6.45, 7) is 0.395. The molecule has 0 spiro atoms. The van der Waals surface area contributed by atoms with Gasteiger partial charge in [-0.05, 0) is 88.7 Å². The number of nitrogens with two attached hydrogens (primary N) is 1. The highest BCUT2D eigenvalue weighted by atomic mass is 19.4. The molecule has 206 valence electrons. The fourth-order valence-corrected chi connectivity index (χ4v) is 4.94. The fourth-order valence-electron chi connectivity index (χ4n) is 4.94. The number of nitrogen functional groups attached to an aromatic ring is 1. The van der Waals surface area contributed by atoms with E-state index in [1.54, 1.807) is 6.07 Å². The zero-order chi connectivity index (χ0) is 28.3. The van der Waals surface area contributed by atoms with Crippen molar-refractivity contribution < 1.29 is 22.7 Å². The molecule has 0 saturated carbocycles. The molecule has 0 aromatic heterocycles. The Morgan fingerprint density at radius 1 is 0.950 bits per heavy atom. The fraction of sp³-hybridized carbons (Fsp3) is 0.226. The highest BCUT2D eigenvalue weighted by Crippen LogP contribution is 2.30. The topological polar surface area (TPSA) is 100 Å². The normalized spacial score (nSPS) is 14.8. The molecule has 0 radical (unpaired) electrons. The van der Waals surface area contributed by atoms with E-state index in [9.17, 15) is 18.0 Å². The number of halogens is 3. The van der Waals surface area contributed by atoms with Gasteiger partial charge in [0.2, 0.25) is 0 Å². The molecular formula is C31H29F3N4O2. The van der Waals surface area contributed by atoms with Gasteiger partial charge in [0.05, 0.1) is 5.56 Å². The maximum Gasteiger partial charge on any atom is 0.416 e. The van der Waals surface area contributed by atoms with E-state index in [4.69, 9.17) is 15.9 Å². The Morgan fingerprint density at radius 2 is 1.75 bits per heavy atom. The number of hydrogen-bond donors (Lipinski definition) is 4. The van der Waals surface area contributed by atoms with Crippen LogP contribution >= 0.6 is 0 Å². The first kappa shape index (κ1) is 27.1. The second-order valence-electron chi connectivity index (χ2n) is 9.99. The van der Waals surface area contributed by atoms with Crippen molar-refractivity contribution in [1.82, 2.24) is 10.6 Å². The molecule has 9 heteroatoms. The van der Waals surface area contributed by atoms with Crippen LogP contribution in [-0.2, 0) is 32.2 Å². The summed E-state index contributed by atoms with van der Waals surface area (Å²) < 4.78 is 44.9. The minimum absolute atomic E-state index is 0.00368. The molecule has 0 saturated heterocycles. The standard InChI is InChI=1S/C31H29F3N4O2/c32-31(33,34)26-3-1-2-19(13-26)17-37-30(39)38-27-10-8-21-9-11-28(16-25(21)15-27)40-18-20-4-5-23-14-24(29(35)36)7-6-22(23)12-20/h1-7,9,11-14,16,27H,8,10,15,17-18H2,(H3,35,36)(H2,37,38,39). The van der Waals surface area contributed by atoms with Crippen molar-refractivity contribution in [2.75, 3.05) is 0 Å². The lowest BCUT2D eigenvalue weighted by atomic mass is 9.88. The number of alkyl halides is 3. The Kier molecular flexibility index (Phi) is 7.64. The van der Waals surface area contributed by atoms with E-state index in [0.29, 0.717) is 24.2 Å². The highest BCUT2D eigenvalue weighted by molar-refractivity contribution is 5.99. The third-order valence-corrected chi connectivity index (χ3v) is 7.07. The first-order valence-electron chi connectivity index (χ1n) is 13.0. The quantitative estimate of drug-likeness (QED) is 0.167. The van der Waals surface area contributed by atoms with Gasteiger partial charge in [-0.25, -0.2) is 4.79 Å². The monoisotopic (exact) mass is 546 g/mol. The largest absolute Gasteiger partial charge is 0.489 e. The Labute approximate surface area is 229 Å². The molecule has 1 atom stereocenters. The van der Waals surface area contributed by atoms with Crippen molar-refractivity contribution in [2.45, 2.75) is 44.6 Å². The maximum absolute atomic E-state index is 12.9. The number of carbonyl (C=O) groups is 1. The average molecular weight is 547 g/mol. The van der Waals surface area contributed by atoms with Crippen LogP contribution in [0.3, 0.4) is 0 Å². The number of urea groups is 1. The minimum Gasteiger partial charge on any atom is -0.489 e. The summed E-state index contributed by atoms with van der Waals surface area (Å²) in [5.41, 5.74) is 9.24. The summed E-state index contributed by atoms with van der Waals surface area (Å²) in [6, 6.07) is 22.1. The van der Waals surface area contributed by atoms with Gasteiger partial charge in [0, 0.05) is 18.2 Å². The molecule has 0 bridgehead atoms. The van der Waals surface area contributed by atoms with Gasteiger partial charge in [-0.1, -0.05) is 42.5 Å². The van der Waals surface area contributed by atoms with Gasteiger partial charge in [0.1, 0.15) is 18.2 Å². The summed E-state index contributed by atoms with van der Waals surface area (Å²) in [7, 11) is 0. The number of carbonyl (C=O) groups excluding carboxylic acids is 1. The molecule has 0 aliphatic heterocycles. The van der Waals surface area contributed by atoms with Crippen molar-refractivity contribution in [3.05, 3.63) is 112 Å². The van der Waals surface area contributed by atoms with Crippen molar-refractivity contribution in [2.24, 2.45) is 5.73 Å². The first-order valence-corrected chi connectivity index (χ1v) is 13.0. The van der Waals surface area contributed by atoms with Crippen LogP contribution in [0, 0.1) is 5.41 Å². The molecule has 4 aromatic carbocycles. The molecule has 2 amide bonds. The van der Waals surface area contributed by atoms with Gasteiger partial charge in [-0.15, -0.1) is 0 Å². The molecule has 1 unspecified atom stereocenters. The second kappa shape index (κ2) is 11.3. The summed E-state index contributed by atoms with van der Waals surface area (Å²) >= 11 is 0. The first-order chi connectivity index (χ1) is 19.1. The molecule has 5 rings (SSSR count). The summed E-state index contributed by atoms with van der Waals surface area (Å²) in [5, 5.41) is 15.3. The molecule has 5 N–H and O–H groups in total. The molecule has 0 fully saturated rings. The van der Waals surface area contributed by atoms with Crippen LogP contribution in [-0.4, -0.2) is 17.9 Å². The zero-order valence-electron chi connectivity index (χ0n) is 21.6. The number of ether oxygens (including phenoxy) is 1. The van der Waals surface area contributed by atoms with Crippen molar-refractivity contribution >= 4 is 22.6 Å². The van der Waals surface area contributed by atoms with Crippen molar-refractivity contribution in [3.63, 3.8) is 0 Å². The smallest absolute Gasteiger partial charge is 0.416 e. The molecule has 1 aliphatic rings. The van der Waals surface area contributed by atoms with E-state index in [1.165, 1.54) is 11.6 Å². The lowest BCUT2D eigenvalue weighted by Gasteiger charge is -2.26. The number of amidine groups is 1. The molecular weight excluding hydrogens is 517 g/mol. The number of benzene rings is 4. The third-order valence-electron chi connectivity index (χ3n) is 7.07. The van der Waals surface area contributed by atoms with E-state index in [0.717, 1.165) is 52.6 Å². The van der Waals surface area contributed by atoms with Crippen molar-refractivity contribution in [3.8, 4) is 5.75 Å². The number of nitrogens with one attached hydrogen (secondary N) is 3. The van der Waals surface area contributed by atoms with Crippen molar-refractivity contribution in [1.29, 1.82) is 5.41 Å². The van der Waals surface area contributed by atoms with Crippen LogP contribution in [0.2, 0.25) is 0 Å². The van der Waals surface area contributed by atoms with Gasteiger partial charge in [0.25, 0.3) is 0 Å². The summed E-state index contributed by atoms with van der Waals surface area (Å²) in [5.74, 6) is 0.773. The highest BCUT2D eigenvalue weighted by Gasteiger charge is 2.30. The number of amides is 2. The van der Waals surface area contributed by atoms with Crippen LogP contribution in [0.5, 0.6) is 5.75 Å². The van der Waals surface area contributed by atoms with Crippen LogP contribution in [0.25, 0.3) is 10.8 Å². The number of aryl methyl sites for hydroxylation is 1. The molecule has 40 heavy (non-hydrogen) atoms. The summed E-state index contributed by atoms with van der Waals surface area (Å²) in [4.78, 5) is 12.5. The van der Waals surface area contributed by atoms with E-state index in [-0.39, 0.29) is 18.4 Å². The second-order valence-corrected chi connectivity index (χ2v) is 9.99. The SMILES string of the molecule is N=C(N)c1ccc2cc(COc3ccc4c(c3)CC(NC(=O)NCc3cccc(C(F)(F)F)c3)CC4)ccc2c1. The lowest BCUT2D eigenvalue weighted by Crippen LogP contribution is -2.44. The summed E-state index contributed by atoms with van der Waals surface area (Å²) in [6.07, 6.45) is -2.21. The number of hydrogen-bond acceptors (Lipinski definition) is 3. The van der Waals surface area contributed by atoms with Gasteiger partial charge < -0.3 is 21.1 Å². The van der Waals surface area contributed by atoms with Crippen LogP contribution in [0.4, 0.5) is 18.0 Å². The zero-order valence-corrected chi connectivity index (χ0v) is 21.6. The Hall–Kier alpha value is -4.53. The van der Waals surface area contributed by atoms with E-state index in [1.807, 2.05) is 42.5 Å². The average Bonchev–Trinajstić information content (AvgIpc) is 2.94. The number of rotatable bonds is 7. The maximum atomic E-state index is 12.9. The van der Waals surface area contributed by atoms with Gasteiger partial charge in [-0.2, -0.15) is 13.2 Å². The minimum atomic E-state index is -4.42.